The molecule has 2 heterocycles. The van der Waals surface area contributed by atoms with E-state index >= 15 is 0 Å². The number of rotatable bonds is 6. The highest BCUT2D eigenvalue weighted by atomic mass is 32.2. The van der Waals surface area contributed by atoms with Gasteiger partial charge in [0.1, 0.15) is 11.6 Å². The van der Waals surface area contributed by atoms with Crippen LogP contribution in [0.2, 0.25) is 0 Å². The van der Waals surface area contributed by atoms with Crippen molar-refractivity contribution >= 4 is 23.9 Å². The second kappa shape index (κ2) is 9.25. The summed E-state index contributed by atoms with van der Waals surface area (Å²) in [6.45, 7) is 3.44. The van der Waals surface area contributed by atoms with Gasteiger partial charge in [-0.25, -0.2) is 8.78 Å². The third-order valence-electron chi connectivity index (χ3n) is 5.41. The zero-order valence-corrected chi connectivity index (χ0v) is 18.7. The van der Waals surface area contributed by atoms with E-state index in [9.17, 15) is 13.6 Å². The van der Waals surface area contributed by atoms with Gasteiger partial charge in [-0.2, -0.15) is 4.98 Å². The molecular weight excluding hydrogens is 436 g/mol. The molecule has 3 aromatic rings. The maximum atomic E-state index is 13.7. The number of nitrogens with zero attached hydrogens (tertiary/aromatic N) is 4. The van der Waals surface area contributed by atoms with E-state index in [0.29, 0.717) is 12.1 Å². The van der Waals surface area contributed by atoms with Crippen LogP contribution in [0.1, 0.15) is 40.3 Å². The van der Waals surface area contributed by atoms with Crippen molar-refractivity contribution in [1.29, 1.82) is 0 Å². The Hall–Kier alpha value is -2.98. The first kappa shape index (κ1) is 22.2. The molecule has 1 aromatic heterocycles. The summed E-state index contributed by atoms with van der Waals surface area (Å²) < 4.78 is 35.3. The van der Waals surface area contributed by atoms with Gasteiger partial charge in [-0.15, -0.1) is 0 Å². The fourth-order valence-corrected chi connectivity index (χ4v) is 4.26. The van der Waals surface area contributed by atoms with Crippen molar-refractivity contribution in [2.75, 3.05) is 25.4 Å². The van der Waals surface area contributed by atoms with Gasteiger partial charge in [0, 0.05) is 44.2 Å². The number of fused-ring (bicyclic) bond motifs is 1. The van der Waals surface area contributed by atoms with Gasteiger partial charge < -0.3 is 9.42 Å². The number of aromatic nitrogens is 2. The molecule has 0 saturated carbocycles. The van der Waals surface area contributed by atoms with Gasteiger partial charge in [-0.1, -0.05) is 6.07 Å². The Kier molecular flexibility index (Phi) is 6.43. The molecule has 1 aliphatic heterocycles. The van der Waals surface area contributed by atoms with E-state index in [0.717, 1.165) is 29.5 Å². The third kappa shape index (κ3) is 4.91. The highest BCUT2D eigenvalue weighted by molar-refractivity contribution is 8.00. The van der Waals surface area contributed by atoms with E-state index in [1.54, 1.807) is 14.1 Å². The summed E-state index contributed by atoms with van der Waals surface area (Å²) in [6, 6.07) is 9.84. The van der Waals surface area contributed by atoms with Crippen LogP contribution in [0.4, 0.5) is 14.8 Å². The second-order valence-electron chi connectivity index (χ2n) is 7.86. The van der Waals surface area contributed by atoms with Crippen molar-refractivity contribution < 1.29 is 18.1 Å². The van der Waals surface area contributed by atoms with Crippen molar-refractivity contribution in [2.24, 2.45) is 0 Å². The smallest absolute Gasteiger partial charge is 0.332 e. The fourth-order valence-electron chi connectivity index (χ4n) is 3.63. The largest absolute Gasteiger partial charge is 0.342 e. The number of carbonyl (C=O) groups is 1. The van der Waals surface area contributed by atoms with Gasteiger partial charge in [0.15, 0.2) is 0 Å². The molecule has 0 bridgehead atoms. The van der Waals surface area contributed by atoms with Gasteiger partial charge in [-0.05, 0) is 71.4 Å². The minimum absolute atomic E-state index is 0.0121. The SMILES string of the molecule is CC(c1cc(F)cc(F)c1)N1CCc2ccc(SNc3nc(C(=O)N(C)C)no3)cc2C1. The minimum atomic E-state index is -0.564. The summed E-state index contributed by atoms with van der Waals surface area (Å²) in [5, 5.41) is 3.68. The van der Waals surface area contributed by atoms with Gasteiger partial charge in [0.05, 0.1) is 0 Å². The summed E-state index contributed by atoms with van der Waals surface area (Å²) in [5.74, 6) is -1.48. The number of nitrogens with one attached hydrogen (secondary N) is 1. The van der Waals surface area contributed by atoms with E-state index in [1.165, 1.54) is 34.5 Å². The summed E-state index contributed by atoms with van der Waals surface area (Å²) in [7, 11) is 3.23. The molecule has 0 fully saturated rings. The Morgan fingerprint density at radius 3 is 2.66 bits per heavy atom. The first-order valence-corrected chi connectivity index (χ1v) is 10.9. The second-order valence-corrected chi connectivity index (χ2v) is 8.74. The Labute approximate surface area is 188 Å². The number of anilines is 1. The van der Waals surface area contributed by atoms with Crippen LogP contribution in [-0.2, 0) is 13.0 Å². The van der Waals surface area contributed by atoms with Crippen molar-refractivity contribution in [1.82, 2.24) is 19.9 Å². The van der Waals surface area contributed by atoms with Crippen LogP contribution < -0.4 is 4.72 Å². The lowest BCUT2D eigenvalue weighted by Gasteiger charge is -2.34. The molecule has 4 rings (SSSR count). The van der Waals surface area contributed by atoms with Crippen LogP contribution in [0.15, 0.2) is 45.8 Å². The molecule has 10 heteroatoms. The molecule has 0 aliphatic carbocycles. The highest BCUT2D eigenvalue weighted by Crippen LogP contribution is 2.31. The molecule has 1 aliphatic rings. The molecule has 1 atom stereocenters. The van der Waals surface area contributed by atoms with Gasteiger partial charge in [-0.3, -0.25) is 14.4 Å². The molecular formula is C22H23F2N5O2S. The van der Waals surface area contributed by atoms with E-state index < -0.39 is 11.6 Å². The van der Waals surface area contributed by atoms with Gasteiger partial charge in [0.25, 0.3) is 11.7 Å². The molecule has 7 nitrogen and oxygen atoms in total. The average Bonchev–Trinajstić information content (AvgIpc) is 3.24. The monoisotopic (exact) mass is 459 g/mol. The number of amides is 1. The number of halogens is 2. The molecule has 0 saturated heterocycles. The first-order valence-electron chi connectivity index (χ1n) is 10.1. The zero-order chi connectivity index (χ0) is 22.8. The molecule has 2 aromatic carbocycles. The topological polar surface area (TPSA) is 74.5 Å². The molecule has 0 spiro atoms. The van der Waals surface area contributed by atoms with E-state index in [1.807, 2.05) is 13.0 Å². The molecule has 1 amide bonds. The van der Waals surface area contributed by atoms with Gasteiger partial charge in [0.2, 0.25) is 0 Å². The lowest BCUT2D eigenvalue weighted by atomic mass is 9.97. The predicted molar refractivity (Wildman–Crippen MR) is 117 cm³/mol. The van der Waals surface area contributed by atoms with Crippen molar-refractivity contribution in [3.63, 3.8) is 0 Å². The Balaban J connectivity index is 1.43. The highest BCUT2D eigenvalue weighted by Gasteiger charge is 2.23. The fraction of sp³-hybridized carbons (Fsp3) is 0.318. The molecule has 32 heavy (non-hydrogen) atoms. The van der Waals surface area contributed by atoms with Crippen LogP contribution in [0, 0.1) is 11.6 Å². The van der Waals surface area contributed by atoms with Crippen LogP contribution in [0.3, 0.4) is 0 Å². The average molecular weight is 460 g/mol. The number of hydrogen-bond donors (Lipinski definition) is 1. The number of carbonyl (C=O) groups excluding carboxylic acids is 1. The van der Waals surface area contributed by atoms with Crippen LogP contribution in [0.5, 0.6) is 0 Å². The van der Waals surface area contributed by atoms with Gasteiger partial charge >= 0.3 is 6.01 Å². The maximum Gasteiger partial charge on any atom is 0.332 e. The summed E-state index contributed by atoms with van der Waals surface area (Å²) in [5.41, 5.74) is 3.03. The van der Waals surface area contributed by atoms with E-state index in [2.05, 4.69) is 31.9 Å². The third-order valence-corrected chi connectivity index (χ3v) is 6.18. The molecule has 168 valence electrons. The van der Waals surface area contributed by atoms with Crippen molar-refractivity contribution in [3.05, 3.63) is 70.5 Å². The van der Waals surface area contributed by atoms with Crippen LogP contribution >= 0.6 is 11.9 Å². The summed E-state index contributed by atoms with van der Waals surface area (Å²) >= 11 is 1.30. The lowest BCUT2D eigenvalue weighted by molar-refractivity contribution is 0.0812. The first-order chi connectivity index (χ1) is 15.3. The van der Waals surface area contributed by atoms with Crippen molar-refractivity contribution in [3.8, 4) is 0 Å². The summed E-state index contributed by atoms with van der Waals surface area (Å²) in [6.07, 6.45) is 0.857. The molecule has 1 N–H and O–H groups in total. The predicted octanol–water partition coefficient (Wildman–Crippen LogP) is 4.29. The Morgan fingerprint density at radius 1 is 1.19 bits per heavy atom. The molecule has 1 unspecified atom stereocenters. The van der Waals surface area contributed by atoms with Crippen LogP contribution in [-0.4, -0.2) is 46.5 Å². The number of hydrogen-bond acceptors (Lipinski definition) is 7. The normalized spacial score (nSPS) is 14.7. The Morgan fingerprint density at radius 2 is 1.94 bits per heavy atom. The summed E-state index contributed by atoms with van der Waals surface area (Å²) in [4.78, 5) is 20.4. The lowest BCUT2D eigenvalue weighted by Crippen LogP contribution is -2.33. The Bertz CT molecular complexity index is 1120. The van der Waals surface area contributed by atoms with E-state index in [4.69, 9.17) is 4.52 Å². The maximum absolute atomic E-state index is 13.7. The molecule has 0 radical (unpaired) electrons. The minimum Gasteiger partial charge on any atom is -0.342 e. The quantitative estimate of drug-likeness (QED) is 0.551. The van der Waals surface area contributed by atoms with Crippen LogP contribution in [0.25, 0.3) is 0 Å². The van der Waals surface area contributed by atoms with Crippen molar-refractivity contribution in [2.45, 2.75) is 30.8 Å². The number of benzene rings is 2. The zero-order valence-electron chi connectivity index (χ0n) is 17.9. The van der Waals surface area contributed by atoms with E-state index in [-0.39, 0.29) is 23.8 Å². The standard InChI is InChI=1S/C22H23F2N5O2S/c1-13(15-8-17(23)11-18(24)9-15)29-7-6-14-4-5-19(10-16(14)12-29)32-27-22-25-20(26-31-22)21(30)28(2)3/h4-5,8-11,13H,6-7,12H2,1-3H3,(H,25,26,27).